The molecule has 0 aliphatic carbocycles. The van der Waals surface area contributed by atoms with Crippen LogP contribution in [-0.2, 0) is 20.0 Å². The van der Waals surface area contributed by atoms with Crippen LogP contribution in [0.15, 0.2) is 23.1 Å². The van der Waals surface area contributed by atoms with Crippen LogP contribution in [0.2, 0.25) is 0 Å². The molecule has 0 bridgehead atoms. The SMILES string of the molecule is Cn1cccc(C(=O)Nc2nnc3n2CCCC3)c1=O. The van der Waals surface area contributed by atoms with Crippen LogP contribution in [0.1, 0.15) is 29.0 Å². The van der Waals surface area contributed by atoms with Crippen LogP contribution >= 0.6 is 0 Å². The summed E-state index contributed by atoms with van der Waals surface area (Å²) in [6, 6.07) is 3.17. The topological polar surface area (TPSA) is 81.8 Å². The number of carbonyl (C=O) groups excluding carboxylic acids is 1. The van der Waals surface area contributed by atoms with Gasteiger partial charge in [0.25, 0.3) is 11.5 Å². The first-order valence-electron chi connectivity index (χ1n) is 6.56. The third kappa shape index (κ3) is 2.11. The van der Waals surface area contributed by atoms with E-state index in [9.17, 15) is 9.59 Å². The Morgan fingerprint density at radius 3 is 3.05 bits per heavy atom. The molecule has 0 atom stereocenters. The van der Waals surface area contributed by atoms with Crippen molar-refractivity contribution in [2.45, 2.75) is 25.8 Å². The van der Waals surface area contributed by atoms with Gasteiger partial charge in [-0.1, -0.05) is 0 Å². The molecule has 0 spiro atoms. The quantitative estimate of drug-likeness (QED) is 0.867. The molecule has 2 aromatic heterocycles. The standard InChI is InChI=1S/C13H15N5O2/c1-17-7-4-5-9(12(17)20)11(19)14-13-16-15-10-6-2-3-8-18(10)13/h4-5,7H,2-3,6,8H2,1H3,(H,14,16,19). The fraction of sp³-hybridized carbons (Fsp3) is 0.385. The highest BCUT2D eigenvalue weighted by Crippen LogP contribution is 2.17. The molecule has 1 aliphatic rings. The number of hydrogen-bond acceptors (Lipinski definition) is 4. The number of carbonyl (C=O) groups is 1. The first-order valence-corrected chi connectivity index (χ1v) is 6.56. The Morgan fingerprint density at radius 2 is 2.20 bits per heavy atom. The Kier molecular flexibility index (Phi) is 3.09. The third-order valence-corrected chi connectivity index (χ3v) is 3.45. The van der Waals surface area contributed by atoms with Gasteiger partial charge in [0.1, 0.15) is 11.4 Å². The minimum Gasteiger partial charge on any atom is -0.318 e. The largest absolute Gasteiger partial charge is 0.318 e. The number of aryl methyl sites for hydroxylation is 2. The summed E-state index contributed by atoms with van der Waals surface area (Å²) in [7, 11) is 1.61. The first-order chi connectivity index (χ1) is 9.66. The van der Waals surface area contributed by atoms with E-state index in [0.717, 1.165) is 31.6 Å². The van der Waals surface area contributed by atoms with Gasteiger partial charge in [0.15, 0.2) is 0 Å². The molecule has 0 saturated carbocycles. The highest BCUT2D eigenvalue weighted by atomic mass is 16.2. The summed E-state index contributed by atoms with van der Waals surface area (Å²) in [5, 5.41) is 10.7. The van der Waals surface area contributed by atoms with Crippen molar-refractivity contribution in [1.29, 1.82) is 0 Å². The molecular weight excluding hydrogens is 258 g/mol. The lowest BCUT2D eigenvalue weighted by atomic mass is 10.2. The zero-order chi connectivity index (χ0) is 14.1. The lowest BCUT2D eigenvalue weighted by Crippen LogP contribution is -2.28. The normalized spacial score (nSPS) is 13.8. The summed E-state index contributed by atoms with van der Waals surface area (Å²) >= 11 is 0. The Morgan fingerprint density at radius 1 is 1.35 bits per heavy atom. The second-order valence-corrected chi connectivity index (χ2v) is 4.84. The Bertz CT molecular complexity index is 716. The van der Waals surface area contributed by atoms with Gasteiger partial charge in [-0.05, 0) is 25.0 Å². The number of nitrogens with zero attached hydrogens (tertiary/aromatic N) is 4. The zero-order valence-corrected chi connectivity index (χ0v) is 11.2. The van der Waals surface area contributed by atoms with Crippen LogP contribution in [0.25, 0.3) is 0 Å². The molecule has 104 valence electrons. The highest BCUT2D eigenvalue weighted by Gasteiger charge is 2.19. The summed E-state index contributed by atoms with van der Waals surface area (Å²) in [5.41, 5.74) is -0.230. The van der Waals surface area contributed by atoms with Crippen molar-refractivity contribution in [3.8, 4) is 0 Å². The maximum Gasteiger partial charge on any atom is 0.263 e. The summed E-state index contributed by atoms with van der Waals surface area (Å²) < 4.78 is 3.27. The van der Waals surface area contributed by atoms with Crippen molar-refractivity contribution in [3.05, 3.63) is 40.1 Å². The van der Waals surface area contributed by atoms with E-state index in [-0.39, 0.29) is 11.1 Å². The summed E-state index contributed by atoms with van der Waals surface area (Å²) in [6.45, 7) is 0.796. The second kappa shape index (κ2) is 4.92. The number of fused-ring (bicyclic) bond motifs is 1. The van der Waals surface area contributed by atoms with E-state index in [2.05, 4.69) is 15.5 Å². The molecule has 7 heteroatoms. The number of hydrogen-bond donors (Lipinski definition) is 1. The number of nitrogens with one attached hydrogen (secondary N) is 1. The maximum absolute atomic E-state index is 12.2. The van der Waals surface area contributed by atoms with E-state index >= 15 is 0 Å². The highest BCUT2D eigenvalue weighted by molar-refractivity contribution is 6.03. The van der Waals surface area contributed by atoms with Crippen molar-refractivity contribution in [3.63, 3.8) is 0 Å². The van der Waals surface area contributed by atoms with Gasteiger partial charge in [-0.2, -0.15) is 0 Å². The molecule has 0 fully saturated rings. The van der Waals surface area contributed by atoms with Crippen molar-refractivity contribution >= 4 is 11.9 Å². The van der Waals surface area contributed by atoms with E-state index in [1.54, 1.807) is 19.3 Å². The molecule has 0 radical (unpaired) electrons. The van der Waals surface area contributed by atoms with Gasteiger partial charge in [0, 0.05) is 26.2 Å². The summed E-state index contributed by atoms with van der Waals surface area (Å²) in [5.74, 6) is 0.843. The van der Waals surface area contributed by atoms with Crippen LogP contribution in [0.5, 0.6) is 0 Å². The average molecular weight is 273 g/mol. The van der Waals surface area contributed by atoms with Crippen molar-refractivity contribution in [2.24, 2.45) is 7.05 Å². The van der Waals surface area contributed by atoms with E-state index in [4.69, 9.17) is 0 Å². The van der Waals surface area contributed by atoms with Crippen LogP contribution < -0.4 is 10.9 Å². The summed E-state index contributed by atoms with van der Waals surface area (Å²) in [6.07, 6.45) is 4.61. The van der Waals surface area contributed by atoms with Gasteiger partial charge < -0.3 is 4.57 Å². The van der Waals surface area contributed by atoms with Crippen molar-refractivity contribution < 1.29 is 4.79 Å². The predicted molar refractivity (Wildman–Crippen MR) is 72.6 cm³/mol. The minimum atomic E-state index is -0.452. The molecule has 20 heavy (non-hydrogen) atoms. The number of amides is 1. The maximum atomic E-state index is 12.2. The van der Waals surface area contributed by atoms with Crippen LogP contribution in [0.4, 0.5) is 5.95 Å². The fourth-order valence-electron chi connectivity index (χ4n) is 2.34. The number of pyridine rings is 1. The molecule has 0 unspecified atom stereocenters. The van der Waals surface area contributed by atoms with Gasteiger partial charge in [-0.25, -0.2) is 0 Å². The van der Waals surface area contributed by atoms with Crippen LogP contribution in [-0.4, -0.2) is 25.2 Å². The van der Waals surface area contributed by atoms with E-state index in [0.29, 0.717) is 5.95 Å². The van der Waals surface area contributed by atoms with E-state index in [1.807, 2.05) is 4.57 Å². The molecule has 1 N–H and O–H groups in total. The van der Waals surface area contributed by atoms with Crippen LogP contribution in [0.3, 0.4) is 0 Å². The van der Waals surface area contributed by atoms with Crippen molar-refractivity contribution in [1.82, 2.24) is 19.3 Å². The molecule has 0 aromatic carbocycles. The molecule has 0 saturated heterocycles. The molecule has 1 aliphatic heterocycles. The second-order valence-electron chi connectivity index (χ2n) is 4.84. The van der Waals surface area contributed by atoms with E-state index in [1.165, 1.54) is 10.6 Å². The lowest BCUT2D eigenvalue weighted by molar-refractivity contribution is 0.102. The molecular formula is C13H15N5O2. The smallest absolute Gasteiger partial charge is 0.263 e. The van der Waals surface area contributed by atoms with Gasteiger partial charge in [-0.15, -0.1) is 10.2 Å². The van der Waals surface area contributed by atoms with Crippen LogP contribution in [0, 0.1) is 0 Å². The molecule has 1 amide bonds. The Labute approximate surface area is 115 Å². The lowest BCUT2D eigenvalue weighted by Gasteiger charge is -2.14. The fourth-order valence-corrected chi connectivity index (χ4v) is 2.34. The molecule has 3 heterocycles. The number of aromatic nitrogens is 4. The summed E-state index contributed by atoms with van der Waals surface area (Å²) in [4.78, 5) is 24.1. The molecule has 3 rings (SSSR count). The van der Waals surface area contributed by atoms with E-state index < -0.39 is 5.91 Å². The number of anilines is 1. The molecule has 7 nitrogen and oxygen atoms in total. The minimum absolute atomic E-state index is 0.100. The monoisotopic (exact) mass is 273 g/mol. The Hall–Kier alpha value is -2.44. The first kappa shape index (κ1) is 12.6. The van der Waals surface area contributed by atoms with Gasteiger partial charge in [0.05, 0.1) is 0 Å². The Balaban J connectivity index is 1.88. The van der Waals surface area contributed by atoms with Gasteiger partial charge in [-0.3, -0.25) is 19.5 Å². The number of rotatable bonds is 2. The van der Waals surface area contributed by atoms with Gasteiger partial charge in [0.2, 0.25) is 5.95 Å². The third-order valence-electron chi connectivity index (χ3n) is 3.45. The van der Waals surface area contributed by atoms with Crippen molar-refractivity contribution in [2.75, 3.05) is 5.32 Å². The predicted octanol–water partition coefficient (Wildman–Crippen LogP) is 0.565. The average Bonchev–Trinajstić information content (AvgIpc) is 2.85. The molecule has 2 aromatic rings. The van der Waals surface area contributed by atoms with Gasteiger partial charge >= 0.3 is 0 Å². The zero-order valence-electron chi connectivity index (χ0n) is 11.2.